The molecule has 130 valence electrons. The van der Waals surface area contributed by atoms with Crippen molar-refractivity contribution in [2.75, 3.05) is 38.6 Å². The van der Waals surface area contributed by atoms with E-state index in [1.165, 1.54) is 38.0 Å². The number of nitrogens with zero attached hydrogens (tertiary/aromatic N) is 1. The van der Waals surface area contributed by atoms with E-state index in [-0.39, 0.29) is 0 Å². The van der Waals surface area contributed by atoms with E-state index in [1.54, 1.807) is 0 Å². The van der Waals surface area contributed by atoms with Gasteiger partial charge in [0, 0.05) is 0 Å². The lowest BCUT2D eigenvalue weighted by molar-refractivity contribution is 0.191. The van der Waals surface area contributed by atoms with Gasteiger partial charge < -0.3 is 20.1 Å². The minimum atomic E-state index is 0.594. The summed E-state index contributed by atoms with van der Waals surface area (Å²) < 4.78 is 11.3. The van der Waals surface area contributed by atoms with Crippen molar-refractivity contribution in [2.24, 2.45) is 5.92 Å². The zero-order valence-electron chi connectivity index (χ0n) is 14.9. The van der Waals surface area contributed by atoms with Crippen LogP contribution in [0.3, 0.4) is 0 Å². The lowest BCUT2D eigenvalue weighted by Crippen LogP contribution is -2.33. The van der Waals surface area contributed by atoms with Crippen LogP contribution in [-0.4, -0.2) is 37.7 Å². The maximum Gasteiger partial charge on any atom is 0.184 e. The van der Waals surface area contributed by atoms with Crippen LogP contribution in [0.5, 0.6) is 11.5 Å². The van der Waals surface area contributed by atoms with Crippen molar-refractivity contribution in [3.05, 3.63) is 17.7 Å². The Balaban J connectivity index is 1.91. The van der Waals surface area contributed by atoms with Gasteiger partial charge in [-0.05, 0) is 82.8 Å². The number of nitrogens with two attached hydrogens (primary N) is 1. The molecule has 0 radical (unpaired) electrons. The van der Waals surface area contributed by atoms with E-state index in [1.807, 2.05) is 19.9 Å². The summed E-state index contributed by atoms with van der Waals surface area (Å²) in [5.74, 6) is 2.35. The predicted octanol–water partition coefficient (Wildman–Crippen LogP) is 3.73. The van der Waals surface area contributed by atoms with E-state index >= 15 is 0 Å². The summed E-state index contributed by atoms with van der Waals surface area (Å²) in [5.41, 5.74) is 8.07. The second-order valence-corrected chi connectivity index (χ2v) is 6.51. The van der Waals surface area contributed by atoms with Crippen LogP contribution in [0.2, 0.25) is 0 Å². The normalized spacial score (nSPS) is 16.5. The third-order valence-corrected chi connectivity index (χ3v) is 4.55. The van der Waals surface area contributed by atoms with Crippen molar-refractivity contribution in [1.82, 2.24) is 4.90 Å². The zero-order chi connectivity index (χ0) is 16.7. The van der Waals surface area contributed by atoms with Gasteiger partial charge in [0.25, 0.3) is 0 Å². The molecule has 0 amide bonds. The highest BCUT2D eigenvalue weighted by atomic mass is 16.5. The zero-order valence-corrected chi connectivity index (χ0v) is 14.9. The predicted molar refractivity (Wildman–Crippen MR) is 96.4 cm³/mol. The van der Waals surface area contributed by atoms with Crippen molar-refractivity contribution in [1.29, 1.82) is 0 Å². The number of likely N-dealkylation sites (tertiary alicyclic amines) is 1. The van der Waals surface area contributed by atoms with Gasteiger partial charge in [0.1, 0.15) is 0 Å². The summed E-state index contributed by atoms with van der Waals surface area (Å²) in [7, 11) is 0. The van der Waals surface area contributed by atoms with E-state index in [0.29, 0.717) is 24.7 Å². The molecule has 1 saturated heterocycles. The molecule has 4 nitrogen and oxygen atoms in total. The maximum atomic E-state index is 6.15. The van der Waals surface area contributed by atoms with E-state index in [9.17, 15) is 0 Å². The highest BCUT2D eigenvalue weighted by Crippen LogP contribution is 2.35. The Labute approximate surface area is 140 Å². The van der Waals surface area contributed by atoms with Gasteiger partial charge in [0.15, 0.2) is 11.5 Å². The van der Waals surface area contributed by atoms with Crippen LogP contribution >= 0.6 is 0 Å². The van der Waals surface area contributed by atoms with Gasteiger partial charge >= 0.3 is 0 Å². The van der Waals surface area contributed by atoms with Crippen LogP contribution in [0, 0.1) is 5.92 Å². The Morgan fingerprint density at radius 2 is 1.83 bits per heavy atom. The van der Waals surface area contributed by atoms with Crippen LogP contribution in [0.1, 0.15) is 45.6 Å². The Kier molecular flexibility index (Phi) is 7.03. The third kappa shape index (κ3) is 5.31. The summed E-state index contributed by atoms with van der Waals surface area (Å²) in [6, 6.07) is 4.12. The smallest absolute Gasteiger partial charge is 0.184 e. The molecular weight excluding hydrogens is 288 g/mol. The van der Waals surface area contributed by atoms with Gasteiger partial charge in [-0.25, -0.2) is 0 Å². The molecule has 0 unspecified atom stereocenters. The number of aryl methyl sites for hydroxylation is 1. The first-order valence-corrected chi connectivity index (χ1v) is 9.04. The number of ether oxygens (including phenoxy) is 2. The van der Waals surface area contributed by atoms with E-state index < -0.39 is 0 Å². The van der Waals surface area contributed by atoms with Gasteiger partial charge in [0.2, 0.25) is 0 Å². The van der Waals surface area contributed by atoms with Crippen molar-refractivity contribution >= 4 is 5.69 Å². The molecule has 1 aromatic rings. The van der Waals surface area contributed by atoms with Gasteiger partial charge in [-0.2, -0.15) is 0 Å². The monoisotopic (exact) mass is 320 g/mol. The third-order valence-electron chi connectivity index (χ3n) is 4.55. The van der Waals surface area contributed by atoms with Gasteiger partial charge in [-0.1, -0.05) is 6.92 Å². The summed E-state index contributed by atoms with van der Waals surface area (Å²) >= 11 is 0. The first-order valence-electron chi connectivity index (χ1n) is 9.04. The topological polar surface area (TPSA) is 47.7 Å². The van der Waals surface area contributed by atoms with Gasteiger partial charge in [0.05, 0.1) is 18.9 Å². The van der Waals surface area contributed by atoms with Crippen LogP contribution in [0.4, 0.5) is 5.69 Å². The molecule has 1 aliphatic heterocycles. The van der Waals surface area contributed by atoms with E-state index in [2.05, 4.69) is 17.9 Å². The number of benzene rings is 1. The Hall–Kier alpha value is -1.42. The second-order valence-electron chi connectivity index (χ2n) is 6.51. The number of piperidine rings is 1. The Morgan fingerprint density at radius 3 is 2.48 bits per heavy atom. The molecule has 0 saturated carbocycles. The molecule has 1 fully saturated rings. The summed E-state index contributed by atoms with van der Waals surface area (Å²) in [6.45, 7) is 11.2. The molecule has 1 heterocycles. The number of hydrogen-bond donors (Lipinski definition) is 1. The summed E-state index contributed by atoms with van der Waals surface area (Å²) in [4.78, 5) is 2.58. The van der Waals surface area contributed by atoms with Crippen molar-refractivity contribution in [3.8, 4) is 11.5 Å². The lowest BCUT2D eigenvalue weighted by Gasteiger charge is -2.30. The number of hydrogen-bond acceptors (Lipinski definition) is 4. The first kappa shape index (κ1) is 17.9. The SMILES string of the molecule is CCOc1cc(CCCN2CCC(C)CC2)cc(N)c1OCC. The maximum absolute atomic E-state index is 6.15. The van der Waals surface area contributed by atoms with Crippen molar-refractivity contribution in [2.45, 2.75) is 46.5 Å². The van der Waals surface area contributed by atoms with Crippen LogP contribution in [-0.2, 0) is 6.42 Å². The molecule has 0 aromatic heterocycles. The van der Waals surface area contributed by atoms with E-state index in [0.717, 1.165) is 24.5 Å². The highest BCUT2D eigenvalue weighted by Gasteiger charge is 2.15. The summed E-state index contributed by atoms with van der Waals surface area (Å²) in [6.07, 6.45) is 4.87. The summed E-state index contributed by atoms with van der Waals surface area (Å²) in [5, 5.41) is 0. The highest BCUT2D eigenvalue weighted by molar-refractivity contribution is 5.62. The van der Waals surface area contributed by atoms with Crippen LogP contribution < -0.4 is 15.2 Å². The molecule has 2 rings (SSSR count). The molecule has 4 heteroatoms. The number of nitrogen functional groups attached to an aromatic ring is 1. The first-order chi connectivity index (χ1) is 11.1. The molecule has 1 aliphatic rings. The van der Waals surface area contributed by atoms with Crippen molar-refractivity contribution in [3.63, 3.8) is 0 Å². The molecule has 0 aliphatic carbocycles. The average Bonchev–Trinajstić information content (AvgIpc) is 2.53. The van der Waals surface area contributed by atoms with Crippen LogP contribution in [0.15, 0.2) is 12.1 Å². The molecule has 23 heavy (non-hydrogen) atoms. The Morgan fingerprint density at radius 1 is 1.13 bits per heavy atom. The molecule has 2 N–H and O–H groups in total. The quantitative estimate of drug-likeness (QED) is 0.741. The fourth-order valence-corrected chi connectivity index (χ4v) is 3.18. The van der Waals surface area contributed by atoms with E-state index in [4.69, 9.17) is 15.2 Å². The standard InChI is InChI=1S/C19H32N2O2/c1-4-22-18-14-16(13-17(20)19(18)23-5-2)7-6-10-21-11-8-15(3)9-12-21/h13-15H,4-12,20H2,1-3H3. The van der Waals surface area contributed by atoms with Crippen LogP contribution in [0.25, 0.3) is 0 Å². The number of anilines is 1. The van der Waals surface area contributed by atoms with Gasteiger partial charge in [-0.15, -0.1) is 0 Å². The molecular formula is C19H32N2O2. The minimum Gasteiger partial charge on any atom is -0.490 e. The number of rotatable bonds is 8. The molecule has 0 atom stereocenters. The lowest BCUT2D eigenvalue weighted by atomic mass is 9.99. The van der Waals surface area contributed by atoms with Gasteiger partial charge in [-0.3, -0.25) is 0 Å². The fourth-order valence-electron chi connectivity index (χ4n) is 3.18. The minimum absolute atomic E-state index is 0.594. The molecule has 1 aromatic carbocycles. The second kappa shape index (κ2) is 9.02. The average molecular weight is 320 g/mol. The largest absolute Gasteiger partial charge is 0.490 e. The van der Waals surface area contributed by atoms with Crippen molar-refractivity contribution < 1.29 is 9.47 Å². The Bertz CT molecular complexity index is 483. The molecule has 0 spiro atoms. The fraction of sp³-hybridized carbons (Fsp3) is 0.684. The molecule has 0 bridgehead atoms.